The zero-order chi connectivity index (χ0) is 8.74. The summed E-state index contributed by atoms with van der Waals surface area (Å²) in [7, 11) is 0. The third-order valence-electron chi connectivity index (χ3n) is 2.15. The maximum Gasteiger partial charge on any atom is 0.0311 e. The van der Waals surface area contributed by atoms with Crippen molar-refractivity contribution in [3.8, 4) is 0 Å². The number of hydrogen-bond donors (Lipinski definition) is 0. The van der Waals surface area contributed by atoms with Gasteiger partial charge in [-0.3, -0.25) is 0 Å². The Morgan fingerprint density at radius 1 is 1.45 bits per heavy atom. The summed E-state index contributed by atoms with van der Waals surface area (Å²) in [5, 5.41) is 0. The van der Waals surface area contributed by atoms with Crippen LogP contribution in [0.4, 0.5) is 0 Å². The quantitative estimate of drug-likeness (QED) is 0.325. The van der Waals surface area contributed by atoms with E-state index < -0.39 is 0 Å². The van der Waals surface area contributed by atoms with E-state index in [1.807, 2.05) is 6.08 Å². The topological polar surface area (TPSA) is 0 Å². The van der Waals surface area contributed by atoms with Gasteiger partial charge in [0.1, 0.15) is 0 Å². The lowest BCUT2D eigenvalue weighted by atomic mass is 9.87. The highest BCUT2D eigenvalue weighted by Gasteiger charge is 2.17. The summed E-state index contributed by atoms with van der Waals surface area (Å²) in [5.74, 6) is 0.695. The summed E-state index contributed by atoms with van der Waals surface area (Å²) in [6, 6.07) is 0. The molecule has 0 aliphatic heterocycles. The molecule has 0 saturated carbocycles. The number of rotatable bonds is 6. The molecule has 0 saturated heterocycles. The van der Waals surface area contributed by atoms with Gasteiger partial charge in [-0.2, -0.15) is 0 Å². The van der Waals surface area contributed by atoms with Crippen LogP contribution in [0, 0.1) is 5.41 Å². The molecule has 0 bridgehead atoms. The van der Waals surface area contributed by atoms with Crippen LogP contribution in [0.5, 0.6) is 0 Å². The fraction of sp³-hybridized carbons (Fsp3) is 0.800. The predicted molar refractivity (Wildman–Crippen MR) is 53.2 cm³/mol. The summed E-state index contributed by atoms with van der Waals surface area (Å²) in [5.41, 5.74) is 0.163. The third kappa shape index (κ3) is 4.47. The Morgan fingerprint density at radius 2 is 2.09 bits per heavy atom. The summed E-state index contributed by atoms with van der Waals surface area (Å²) >= 11 is 5.82. The van der Waals surface area contributed by atoms with Gasteiger partial charge in [0.2, 0.25) is 0 Å². The SMILES string of the molecule is C=CC(C)(CCl)CCCCC. The lowest BCUT2D eigenvalue weighted by Crippen LogP contribution is -2.14. The summed E-state index contributed by atoms with van der Waals surface area (Å²) in [6.45, 7) is 8.18. The van der Waals surface area contributed by atoms with Crippen molar-refractivity contribution >= 4 is 11.6 Å². The molecule has 66 valence electrons. The first-order valence-corrected chi connectivity index (χ1v) is 4.91. The second kappa shape index (κ2) is 5.65. The highest BCUT2D eigenvalue weighted by molar-refractivity contribution is 6.18. The van der Waals surface area contributed by atoms with E-state index >= 15 is 0 Å². The molecule has 0 fully saturated rings. The van der Waals surface area contributed by atoms with Gasteiger partial charge < -0.3 is 0 Å². The Bertz CT molecular complexity index is 109. The molecule has 0 aliphatic carbocycles. The molecule has 0 aromatic rings. The predicted octanol–water partition coefficient (Wildman–Crippen LogP) is 4.00. The first kappa shape index (κ1) is 11.0. The third-order valence-corrected chi connectivity index (χ3v) is 2.76. The van der Waals surface area contributed by atoms with Crippen molar-refractivity contribution in [1.82, 2.24) is 0 Å². The molecule has 0 spiro atoms. The van der Waals surface area contributed by atoms with Crippen LogP contribution < -0.4 is 0 Å². The zero-order valence-electron chi connectivity index (χ0n) is 7.70. The molecule has 0 nitrogen and oxygen atoms in total. The molecule has 0 aromatic carbocycles. The van der Waals surface area contributed by atoms with Crippen molar-refractivity contribution in [1.29, 1.82) is 0 Å². The number of halogens is 1. The van der Waals surface area contributed by atoms with E-state index in [9.17, 15) is 0 Å². The Morgan fingerprint density at radius 3 is 2.45 bits per heavy atom. The van der Waals surface area contributed by atoms with Crippen molar-refractivity contribution in [2.45, 2.75) is 39.5 Å². The molecule has 0 heterocycles. The highest BCUT2D eigenvalue weighted by atomic mass is 35.5. The molecule has 0 rings (SSSR count). The molecule has 0 radical (unpaired) electrons. The van der Waals surface area contributed by atoms with Crippen molar-refractivity contribution in [3.63, 3.8) is 0 Å². The standard InChI is InChI=1S/C10H19Cl/c1-4-6-7-8-10(3,5-2)9-11/h5H,2,4,6-9H2,1,3H3. The average molecular weight is 175 g/mol. The normalized spacial score (nSPS) is 15.9. The number of unbranched alkanes of at least 4 members (excludes halogenated alkanes) is 2. The highest BCUT2D eigenvalue weighted by Crippen LogP contribution is 2.26. The van der Waals surface area contributed by atoms with E-state index in [2.05, 4.69) is 20.4 Å². The van der Waals surface area contributed by atoms with Gasteiger partial charge in [0.15, 0.2) is 0 Å². The fourth-order valence-electron chi connectivity index (χ4n) is 1.00. The lowest BCUT2D eigenvalue weighted by Gasteiger charge is -2.21. The van der Waals surface area contributed by atoms with Crippen LogP contribution in [0.2, 0.25) is 0 Å². The maximum atomic E-state index is 5.82. The fourth-order valence-corrected chi connectivity index (χ4v) is 1.25. The summed E-state index contributed by atoms with van der Waals surface area (Å²) in [4.78, 5) is 0. The molecule has 1 unspecified atom stereocenters. The van der Waals surface area contributed by atoms with E-state index in [1.54, 1.807) is 0 Å². The molecule has 1 atom stereocenters. The van der Waals surface area contributed by atoms with Crippen LogP contribution in [-0.4, -0.2) is 5.88 Å². The average Bonchev–Trinajstić information content (AvgIpc) is 2.05. The second-order valence-corrected chi connectivity index (χ2v) is 3.72. The zero-order valence-corrected chi connectivity index (χ0v) is 8.45. The Balaban J connectivity index is 3.60. The van der Waals surface area contributed by atoms with Gasteiger partial charge in [0, 0.05) is 5.88 Å². The smallest absolute Gasteiger partial charge is 0.0311 e. The molecule has 1 heteroatoms. The molecular weight excluding hydrogens is 156 g/mol. The summed E-state index contributed by atoms with van der Waals surface area (Å²) < 4.78 is 0. The largest absolute Gasteiger partial charge is 0.126 e. The number of alkyl halides is 1. The van der Waals surface area contributed by atoms with Gasteiger partial charge in [-0.1, -0.05) is 39.2 Å². The Hall–Kier alpha value is 0.0300. The van der Waals surface area contributed by atoms with E-state index in [0.717, 1.165) is 0 Å². The first-order valence-electron chi connectivity index (χ1n) is 4.38. The van der Waals surface area contributed by atoms with Crippen LogP contribution in [-0.2, 0) is 0 Å². The van der Waals surface area contributed by atoms with Crippen LogP contribution in [0.1, 0.15) is 39.5 Å². The van der Waals surface area contributed by atoms with Crippen molar-refractivity contribution in [2.75, 3.05) is 5.88 Å². The Labute approximate surface area is 75.6 Å². The van der Waals surface area contributed by atoms with E-state index in [-0.39, 0.29) is 5.41 Å². The van der Waals surface area contributed by atoms with E-state index in [0.29, 0.717) is 5.88 Å². The summed E-state index contributed by atoms with van der Waals surface area (Å²) in [6.07, 6.45) is 7.01. The minimum absolute atomic E-state index is 0.163. The molecule has 0 aliphatic rings. The molecule has 0 N–H and O–H groups in total. The monoisotopic (exact) mass is 174 g/mol. The molecule has 11 heavy (non-hydrogen) atoms. The maximum absolute atomic E-state index is 5.82. The van der Waals surface area contributed by atoms with Crippen molar-refractivity contribution in [3.05, 3.63) is 12.7 Å². The van der Waals surface area contributed by atoms with Gasteiger partial charge in [-0.15, -0.1) is 18.2 Å². The van der Waals surface area contributed by atoms with Crippen LogP contribution in [0.15, 0.2) is 12.7 Å². The van der Waals surface area contributed by atoms with Gasteiger partial charge in [-0.25, -0.2) is 0 Å². The van der Waals surface area contributed by atoms with Gasteiger partial charge >= 0.3 is 0 Å². The number of hydrogen-bond acceptors (Lipinski definition) is 0. The number of allylic oxidation sites excluding steroid dienone is 1. The van der Waals surface area contributed by atoms with Gasteiger partial charge in [0.25, 0.3) is 0 Å². The van der Waals surface area contributed by atoms with Crippen LogP contribution in [0.3, 0.4) is 0 Å². The van der Waals surface area contributed by atoms with Crippen molar-refractivity contribution in [2.24, 2.45) is 5.41 Å². The van der Waals surface area contributed by atoms with Crippen LogP contribution >= 0.6 is 11.6 Å². The van der Waals surface area contributed by atoms with Crippen molar-refractivity contribution < 1.29 is 0 Å². The minimum Gasteiger partial charge on any atom is -0.126 e. The first-order chi connectivity index (χ1) is 5.18. The molecule has 0 aromatic heterocycles. The minimum atomic E-state index is 0.163. The van der Waals surface area contributed by atoms with Gasteiger partial charge in [-0.05, 0) is 11.8 Å². The van der Waals surface area contributed by atoms with Gasteiger partial charge in [0.05, 0.1) is 0 Å². The van der Waals surface area contributed by atoms with E-state index in [4.69, 9.17) is 11.6 Å². The lowest BCUT2D eigenvalue weighted by molar-refractivity contribution is 0.419. The van der Waals surface area contributed by atoms with E-state index in [1.165, 1.54) is 25.7 Å². The second-order valence-electron chi connectivity index (χ2n) is 3.45. The molecular formula is C10H19Cl. The Kier molecular flexibility index (Phi) is 5.67. The van der Waals surface area contributed by atoms with Crippen LogP contribution in [0.25, 0.3) is 0 Å². The molecule has 0 amide bonds.